The molecule has 0 saturated heterocycles. The maximum atomic E-state index is 12.8. The third-order valence-electron chi connectivity index (χ3n) is 4.02. The molecule has 0 radical (unpaired) electrons. The predicted molar refractivity (Wildman–Crippen MR) is 102 cm³/mol. The van der Waals surface area contributed by atoms with E-state index in [-0.39, 0.29) is 34.2 Å². The summed E-state index contributed by atoms with van der Waals surface area (Å²) in [6.07, 6.45) is -1.58. The zero-order chi connectivity index (χ0) is 21.3. The molecule has 1 aromatic heterocycles. The van der Waals surface area contributed by atoms with E-state index in [0.717, 1.165) is 16.7 Å². The molecule has 0 atom stereocenters. The maximum absolute atomic E-state index is 12.8. The molecule has 0 unspecified atom stereocenters. The molecule has 152 valence electrons. The van der Waals surface area contributed by atoms with E-state index < -0.39 is 23.5 Å². The lowest BCUT2D eigenvalue weighted by Crippen LogP contribution is -2.46. The van der Waals surface area contributed by atoms with E-state index in [1.165, 1.54) is 17.8 Å². The third-order valence-corrected chi connectivity index (χ3v) is 5.10. The number of hydrogen-bond donors (Lipinski definition) is 1. The van der Waals surface area contributed by atoms with E-state index in [9.17, 15) is 22.8 Å². The number of alkyl halides is 3. The molecule has 3 rings (SSSR count). The number of rotatable bonds is 5. The number of aliphatic hydroxyl groups is 1. The smallest absolute Gasteiger partial charge is 0.406 e. The van der Waals surface area contributed by atoms with Gasteiger partial charge in [-0.3, -0.25) is 14.2 Å². The van der Waals surface area contributed by atoms with Crippen molar-refractivity contribution >= 4 is 30.2 Å². The van der Waals surface area contributed by atoms with Gasteiger partial charge in [0.2, 0.25) is 5.78 Å². The summed E-state index contributed by atoms with van der Waals surface area (Å²) in [5, 5.41) is 9.17. The van der Waals surface area contributed by atoms with Gasteiger partial charge in [-0.05, 0) is 31.2 Å². The van der Waals surface area contributed by atoms with Crippen LogP contribution in [0.4, 0.5) is 13.2 Å². The van der Waals surface area contributed by atoms with Gasteiger partial charge in [0.15, 0.2) is 5.82 Å². The average Bonchev–Trinajstić information content (AvgIpc) is 2.93. The van der Waals surface area contributed by atoms with E-state index in [1.54, 1.807) is 19.1 Å². The molecule has 0 amide bonds. The minimum absolute atomic E-state index is 0.0361. The number of fused-ring (bicyclic) bond motifs is 3. The van der Waals surface area contributed by atoms with Crippen molar-refractivity contribution in [1.29, 1.82) is 0 Å². The van der Waals surface area contributed by atoms with Crippen LogP contribution in [0.1, 0.15) is 23.1 Å². The van der Waals surface area contributed by atoms with Crippen LogP contribution >= 0.6 is 11.8 Å². The lowest BCUT2D eigenvalue weighted by atomic mass is 10.1. The number of carbonyl (C=O) groups excluding carboxylic acids is 1. The molecule has 29 heavy (non-hydrogen) atoms. The molecule has 0 saturated carbocycles. The Morgan fingerprint density at radius 2 is 2.10 bits per heavy atom. The van der Waals surface area contributed by atoms with Crippen LogP contribution in [0.2, 0.25) is 0 Å². The van der Waals surface area contributed by atoms with E-state index in [2.05, 4.69) is 16.3 Å². The number of hydrogen-bond acceptors (Lipinski definition) is 6. The van der Waals surface area contributed by atoms with Crippen molar-refractivity contribution in [3.05, 3.63) is 61.5 Å². The number of nitrogens with zero attached hydrogens (tertiary/aromatic N) is 2. The Morgan fingerprint density at radius 1 is 1.38 bits per heavy atom. The fraction of sp³-hybridized carbons (Fsp3) is 0.211. The van der Waals surface area contributed by atoms with E-state index in [0.29, 0.717) is 10.7 Å². The first-order chi connectivity index (χ1) is 13.7. The fourth-order valence-electron chi connectivity index (χ4n) is 2.78. The first-order valence-corrected chi connectivity index (χ1v) is 9.33. The Hall–Kier alpha value is -2.85. The van der Waals surface area contributed by atoms with Crippen molar-refractivity contribution in [1.82, 2.24) is 9.55 Å². The number of ketones is 1. The second-order valence-electron chi connectivity index (χ2n) is 5.90. The number of halogens is 3. The zero-order valence-electron chi connectivity index (χ0n) is 15.1. The van der Waals surface area contributed by atoms with Gasteiger partial charge >= 0.3 is 6.36 Å². The standard InChI is InChI=1S/C19H15F3N2O4S/c1-3-12(29-7-6-25)9-14-10(2)18(27)24-15-5-4-11(28-19(20,21)22)8-13(15)16(26)17(24)23-14/h3-5,8-9,25H,2,6-7H2,1H3/b12-3+,14-9+. The molecule has 0 fully saturated rings. The summed E-state index contributed by atoms with van der Waals surface area (Å²) in [5.74, 6) is -1.04. The minimum Gasteiger partial charge on any atom is -0.406 e. The summed E-state index contributed by atoms with van der Waals surface area (Å²) in [5.41, 5.74) is -0.594. The highest BCUT2D eigenvalue weighted by Gasteiger charge is 2.34. The molecule has 10 heteroatoms. The van der Waals surface area contributed by atoms with Gasteiger partial charge in [0.25, 0.3) is 5.56 Å². The highest BCUT2D eigenvalue weighted by molar-refractivity contribution is 8.03. The molecule has 2 heterocycles. The molecule has 2 aromatic rings. The highest BCUT2D eigenvalue weighted by atomic mass is 32.2. The largest absolute Gasteiger partial charge is 0.573 e. The maximum Gasteiger partial charge on any atom is 0.573 e. The number of ether oxygens (including phenoxy) is 1. The van der Waals surface area contributed by atoms with Crippen molar-refractivity contribution < 1.29 is 27.8 Å². The van der Waals surface area contributed by atoms with Crippen LogP contribution in [0.15, 0.2) is 34.0 Å². The van der Waals surface area contributed by atoms with E-state index >= 15 is 0 Å². The van der Waals surface area contributed by atoms with Crippen LogP contribution < -0.4 is 20.9 Å². The third kappa shape index (κ3) is 4.13. The molecule has 0 aliphatic carbocycles. The summed E-state index contributed by atoms with van der Waals surface area (Å²) in [4.78, 5) is 30.4. The first kappa shape index (κ1) is 20.9. The van der Waals surface area contributed by atoms with Crippen molar-refractivity contribution in [3.63, 3.8) is 0 Å². The molecule has 0 spiro atoms. The highest BCUT2D eigenvalue weighted by Crippen LogP contribution is 2.30. The van der Waals surface area contributed by atoms with Gasteiger partial charge in [0.1, 0.15) is 5.75 Å². The lowest BCUT2D eigenvalue weighted by Gasteiger charge is -2.09. The number of aliphatic hydroxyl groups excluding tert-OH is 1. The van der Waals surface area contributed by atoms with Gasteiger partial charge in [-0.25, -0.2) is 4.98 Å². The second-order valence-corrected chi connectivity index (χ2v) is 7.07. The van der Waals surface area contributed by atoms with Crippen LogP contribution in [-0.2, 0) is 0 Å². The van der Waals surface area contributed by atoms with E-state index in [1.807, 2.05) is 0 Å². The van der Waals surface area contributed by atoms with Crippen LogP contribution in [0.5, 0.6) is 5.75 Å². The van der Waals surface area contributed by atoms with Gasteiger partial charge in [0, 0.05) is 10.7 Å². The van der Waals surface area contributed by atoms with Gasteiger partial charge in [-0.2, -0.15) is 0 Å². The van der Waals surface area contributed by atoms with E-state index in [4.69, 9.17) is 5.11 Å². The number of allylic oxidation sites excluding steroid dienone is 2. The number of carbonyl (C=O) groups is 1. The van der Waals surface area contributed by atoms with Gasteiger partial charge < -0.3 is 9.84 Å². The Kier molecular flexibility index (Phi) is 5.67. The van der Waals surface area contributed by atoms with Crippen LogP contribution in [0, 0.1) is 0 Å². The summed E-state index contributed by atoms with van der Waals surface area (Å²) >= 11 is 1.33. The molecule has 1 aliphatic heterocycles. The summed E-state index contributed by atoms with van der Waals surface area (Å²) in [6, 6.07) is 3.15. The Morgan fingerprint density at radius 3 is 2.72 bits per heavy atom. The fourth-order valence-corrected chi connectivity index (χ4v) is 3.47. The Bertz CT molecular complexity index is 1190. The molecule has 1 aliphatic rings. The Balaban J connectivity index is 2.13. The molecule has 1 aromatic carbocycles. The van der Waals surface area contributed by atoms with Gasteiger partial charge in [-0.15, -0.1) is 24.9 Å². The van der Waals surface area contributed by atoms with Crippen LogP contribution in [0.25, 0.3) is 18.3 Å². The topological polar surface area (TPSA) is 81.4 Å². The Labute approximate surface area is 166 Å². The molecule has 0 bridgehead atoms. The van der Waals surface area contributed by atoms with Crippen molar-refractivity contribution in [3.8, 4) is 11.4 Å². The van der Waals surface area contributed by atoms with Crippen molar-refractivity contribution in [2.75, 3.05) is 12.4 Å². The number of thioether (sulfide) groups is 1. The lowest BCUT2D eigenvalue weighted by molar-refractivity contribution is -0.274. The summed E-state index contributed by atoms with van der Waals surface area (Å²) in [6.45, 7) is 5.46. The molecule has 6 nitrogen and oxygen atoms in total. The van der Waals surface area contributed by atoms with Crippen LogP contribution in [-0.4, -0.2) is 39.2 Å². The first-order valence-electron chi connectivity index (χ1n) is 8.35. The summed E-state index contributed by atoms with van der Waals surface area (Å²) in [7, 11) is 0. The normalized spacial score (nSPS) is 14.2. The van der Waals surface area contributed by atoms with Gasteiger partial charge in [0.05, 0.1) is 28.4 Å². The summed E-state index contributed by atoms with van der Waals surface area (Å²) < 4.78 is 42.3. The second kappa shape index (κ2) is 7.88. The van der Waals surface area contributed by atoms with Crippen LogP contribution in [0.3, 0.4) is 0 Å². The number of aromatic nitrogens is 2. The zero-order valence-corrected chi connectivity index (χ0v) is 15.9. The van der Waals surface area contributed by atoms with Crippen molar-refractivity contribution in [2.45, 2.75) is 13.3 Å². The predicted octanol–water partition coefficient (Wildman–Crippen LogP) is 1.50. The molecular weight excluding hydrogens is 409 g/mol. The molecular formula is C19H15F3N2O4S. The van der Waals surface area contributed by atoms with Crippen molar-refractivity contribution in [2.24, 2.45) is 0 Å². The molecule has 1 N–H and O–H groups in total. The monoisotopic (exact) mass is 424 g/mol. The minimum atomic E-state index is -4.91. The average molecular weight is 424 g/mol. The SMILES string of the molecule is C=c1c(=O)n2c(n/c1=C/C(=C\C)SCCO)C(=O)c1cc(OC(F)(F)F)ccc1-2. The van der Waals surface area contributed by atoms with Gasteiger partial charge in [-0.1, -0.05) is 12.7 Å². The number of benzene rings is 1. The quantitative estimate of drug-likeness (QED) is 0.669.